The van der Waals surface area contributed by atoms with Crippen LogP contribution < -0.4 is 5.32 Å². The third kappa shape index (κ3) is 3.85. The molecular formula is C13H10ClN5OS2. The highest BCUT2D eigenvalue weighted by Crippen LogP contribution is 2.26. The van der Waals surface area contributed by atoms with Gasteiger partial charge in [-0.1, -0.05) is 35.5 Å². The lowest BCUT2D eigenvalue weighted by molar-refractivity contribution is -0.113. The Morgan fingerprint density at radius 3 is 2.91 bits per heavy atom. The second-order valence-corrected chi connectivity index (χ2v) is 6.43. The highest BCUT2D eigenvalue weighted by Gasteiger charge is 2.09. The Hall–Kier alpha value is -1.90. The van der Waals surface area contributed by atoms with E-state index in [9.17, 15) is 4.79 Å². The monoisotopic (exact) mass is 351 g/mol. The minimum atomic E-state index is -0.140. The normalized spacial score (nSPS) is 10.6. The number of halogens is 1. The van der Waals surface area contributed by atoms with Crippen molar-refractivity contribution in [3.8, 4) is 11.3 Å². The van der Waals surface area contributed by atoms with E-state index < -0.39 is 0 Å². The zero-order chi connectivity index (χ0) is 15.4. The summed E-state index contributed by atoms with van der Waals surface area (Å²) in [5, 5.41) is 12.9. The fraction of sp³-hybridized carbons (Fsp3) is 0.0769. The number of aromatic amines is 1. The molecule has 0 unspecified atom stereocenters. The SMILES string of the molecule is O=C(CSc1ncn[nH]1)Nc1nc(-c2ccc(Cl)cc2)cs1. The van der Waals surface area contributed by atoms with Crippen molar-refractivity contribution in [1.29, 1.82) is 0 Å². The van der Waals surface area contributed by atoms with Crippen LogP contribution in [0.15, 0.2) is 41.1 Å². The molecule has 0 aliphatic rings. The molecule has 0 aliphatic carbocycles. The summed E-state index contributed by atoms with van der Waals surface area (Å²) in [6, 6.07) is 7.40. The van der Waals surface area contributed by atoms with Gasteiger partial charge in [-0.15, -0.1) is 11.3 Å². The molecule has 2 heterocycles. The number of hydrogen-bond donors (Lipinski definition) is 2. The first-order valence-corrected chi connectivity index (χ1v) is 8.44. The fourth-order valence-electron chi connectivity index (χ4n) is 1.64. The topological polar surface area (TPSA) is 83.6 Å². The maximum atomic E-state index is 11.9. The molecule has 0 spiro atoms. The maximum absolute atomic E-state index is 11.9. The summed E-state index contributed by atoms with van der Waals surface area (Å²) in [5.74, 6) is 0.101. The number of anilines is 1. The Kier molecular flexibility index (Phi) is 4.71. The van der Waals surface area contributed by atoms with Gasteiger partial charge in [-0.2, -0.15) is 5.10 Å². The van der Waals surface area contributed by atoms with Crippen LogP contribution in [0.5, 0.6) is 0 Å². The second kappa shape index (κ2) is 6.91. The van der Waals surface area contributed by atoms with Gasteiger partial charge in [0.25, 0.3) is 0 Å². The lowest BCUT2D eigenvalue weighted by Crippen LogP contribution is -2.13. The summed E-state index contributed by atoms with van der Waals surface area (Å²) >= 11 is 8.52. The van der Waals surface area contributed by atoms with E-state index in [0.29, 0.717) is 15.3 Å². The Balaban J connectivity index is 1.59. The van der Waals surface area contributed by atoms with Crippen LogP contribution in [0.3, 0.4) is 0 Å². The predicted molar refractivity (Wildman–Crippen MR) is 88.3 cm³/mol. The van der Waals surface area contributed by atoms with E-state index in [1.54, 1.807) is 0 Å². The third-order valence-corrected chi connectivity index (χ3v) is 4.51. The molecule has 0 radical (unpaired) electrons. The number of H-pyrrole nitrogens is 1. The first-order valence-electron chi connectivity index (χ1n) is 6.20. The smallest absolute Gasteiger partial charge is 0.236 e. The van der Waals surface area contributed by atoms with Gasteiger partial charge in [0.1, 0.15) is 6.33 Å². The number of benzene rings is 1. The number of nitrogens with one attached hydrogen (secondary N) is 2. The van der Waals surface area contributed by atoms with E-state index in [4.69, 9.17) is 11.6 Å². The van der Waals surface area contributed by atoms with Crippen LogP contribution in [0.1, 0.15) is 0 Å². The number of rotatable bonds is 5. The van der Waals surface area contributed by atoms with Gasteiger partial charge in [0.05, 0.1) is 11.4 Å². The van der Waals surface area contributed by atoms with Gasteiger partial charge in [-0.25, -0.2) is 9.97 Å². The molecule has 0 aliphatic heterocycles. The largest absolute Gasteiger partial charge is 0.301 e. The Labute approximate surface area is 139 Å². The van der Waals surface area contributed by atoms with Gasteiger partial charge in [0.2, 0.25) is 5.91 Å². The van der Waals surface area contributed by atoms with E-state index in [1.807, 2.05) is 29.6 Å². The molecule has 0 saturated carbocycles. The highest BCUT2D eigenvalue weighted by molar-refractivity contribution is 7.99. The number of carbonyl (C=O) groups is 1. The molecular weight excluding hydrogens is 342 g/mol. The summed E-state index contributed by atoms with van der Waals surface area (Å²) in [4.78, 5) is 20.2. The lowest BCUT2D eigenvalue weighted by atomic mass is 10.2. The van der Waals surface area contributed by atoms with Gasteiger partial charge in [0.15, 0.2) is 10.3 Å². The van der Waals surface area contributed by atoms with Crippen molar-refractivity contribution >= 4 is 45.7 Å². The number of carbonyl (C=O) groups excluding carboxylic acids is 1. The quantitative estimate of drug-likeness (QED) is 0.689. The van der Waals surface area contributed by atoms with Crippen LogP contribution >= 0.6 is 34.7 Å². The van der Waals surface area contributed by atoms with Crippen molar-refractivity contribution in [3.05, 3.63) is 41.0 Å². The molecule has 3 rings (SSSR count). The van der Waals surface area contributed by atoms with E-state index in [-0.39, 0.29) is 11.7 Å². The molecule has 6 nitrogen and oxygen atoms in total. The van der Waals surface area contributed by atoms with Gasteiger partial charge in [0, 0.05) is 16.0 Å². The molecule has 1 aromatic carbocycles. The molecule has 9 heteroatoms. The van der Waals surface area contributed by atoms with Crippen LogP contribution in [0, 0.1) is 0 Å². The summed E-state index contributed by atoms with van der Waals surface area (Å²) in [6.07, 6.45) is 1.40. The fourth-order valence-corrected chi connectivity index (χ4v) is 3.08. The number of thioether (sulfide) groups is 1. The number of aromatic nitrogens is 4. The van der Waals surface area contributed by atoms with E-state index in [0.717, 1.165) is 11.3 Å². The van der Waals surface area contributed by atoms with Crippen molar-refractivity contribution in [2.45, 2.75) is 5.16 Å². The summed E-state index contributed by atoms with van der Waals surface area (Å²) in [5.41, 5.74) is 1.76. The Morgan fingerprint density at radius 1 is 1.36 bits per heavy atom. The molecule has 0 atom stereocenters. The molecule has 2 aromatic heterocycles. The van der Waals surface area contributed by atoms with Crippen LogP contribution in [-0.2, 0) is 4.79 Å². The zero-order valence-corrected chi connectivity index (χ0v) is 13.5. The van der Waals surface area contributed by atoms with Gasteiger partial charge in [-0.3, -0.25) is 9.89 Å². The van der Waals surface area contributed by atoms with Crippen LogP contribution in [-0.4, -0.2) is 31.8 Å². The second-order valence-electron chi connectivity index (χ2n) is 4.17. The molecule has 0 saturated heterocycles. The summed E-state index contributed by atoms with van der Waals surface area (Å²) in [7, 11) is 0. The minimum Gasteiger partial charge on any atom is -0.301 e. The summed E-state index contributed by atoms with van der Waals surface area (Å²) < 4.78 is 0. The molecule has 112 valence electrons. The third-order valence-electron chi connectivity index (χ3n) is 2.62. The van der Waals surface area contributed by atoms with Crippen molar-refractivity contribution in [3.63, 3.8) is 0 Å². The first kappa shape index (κ1) is 15.0. The molecule has 22 heavy (non-hydrogen) atoms. The van der Waals surface area contributed by atoms with Gasteiger partial charge < -0.3 is 5.32 Å². The van der Waals surface area contributed by atoms with E-state index >= 15 is 0 Å². The van der Waals surface area contributed by atoms with Crippen molar-refractivity contribution < 1.29 is 4.79 Å². The lowest BCUT2D eigenvalue weighted by Gasteiger charge is -2.00. The minimum absolute atomic E-state index is 0.140. The average Bonchev–Trinajstić information content (AvgIpc) is 3.17. The van der Waals surface area contributed by atoms with E-state index in [2.05, 4.69) is 25.5 Å². The predicted octanol–water partition coefficient (Wildman–Crippen LogP) is 3.31. The van der Waals surface area contributed by atoms with Crippen molar-refractivity contribution in [2.75, 3.05) is 11.1 Å². The van der Waals surface area contributed by atoms with Crippen molar-refractivity contribution in [2.24, 2.45) is 0 Å². The number of thiazole rings is 1. The summed E-state index contributed by atoms with van der Waals surface area (Å²) in [6.45, 7) is 0. The molecule has 0 bridgehead atoms. The molecule has 0 fully saturated rings. The molecule has 1 amide bonds. The first-order chi connectivity index (χ1) is 10.7. The van der Waals surface area contributed by atoms with Gasteiger partial charge in [-0.05, 0) is 12.1 Å². The standard InChI is InChI=1S/C13H10ClN5OS2/c14-9-3-1-8(2-4-9)10-5-21-13(17-10)18-11(20)6-22-12-15-7-16-19-12/h1-5,7H,6H2,(H,15,16,19)(H,17,18,20). The van der Waals surface area contributed by atoms with Crippen LogP contribution in [0.25, 0.3) is 11.3 Å². The average molecular weight is 352 g/mol. The van der Waals surface area contributed by atoms with Crippen LogP contribution in [0.2, 0.25) is 5.02 Å². The number of hydrogen-bond acceptors (Lipinski definition) is 6. The zero-order valence-electron chi connectivity index (χ0n) is 11.1. The number of amides is 1. The van der Waals surface area contributed by atoms with E-state index in [1.165, 1.54) is 29.4 Å². The van der Waals surface area contributed by atoms with Gasteiger partial charge >= 0.3 is 0 Å². The maximum Gasteiger partial charge on any atom is 0.236 e. The molecule has 2 N–H and O–H groups in total. The van der Waals surface area contributed by atoms with Crippen LogP contribution in [0.4, 0.5) is 5.13 Å². The highest BCUT2D eigenvalue weighted by atomic mass is 35.5. The Morgan fingerprint density at radius 2 is 2.18 bits per heavy atom. The molecule has 3 aromatic rings. The number of nitrogens with zero attached hydrogens (tertiary/aromatic N) is 3. The Bertz CT molecular complexity index is 757. The van der Waals surface area contributed by atoms with Crippen molar-refractivity contribution in [1.82, 2.24) is 20.2 Å².